The Labute approximate surface area is 259 Å². The fourth-order valence-electron chi connectivity index (χ4n) is 7.10. The molecule has 0 spiro atoms. The molecule has 2 heterocycles. The number of hydrogen-bond acceptors (Lipinski definition) is 6. The van der Waals surface area contributed by atoms with E-state index < -0.39 is 16.6 Å². The Morgan fingerprint density at radius 3 is 2.15 bits per heavy atom. The van der Waals surface area contributed by atoms with E-state index in [2.05, 4.69) is 105 Å². The predicted octanol–water partition coefficient (Wildman–Crippen LogP) is 10.8. The summed E-state index contributed by atoms with van der Waals surface area (Å²) in [4.78, 5) is 10.8. The first-order chi connectivity index (χ1) is 19.2. The van der Waals surface area contributed by atoms with Crippen LogP contribution in [0.25, 0.3) is 6.08 Å². The van der Waals surface area contributed by atoms with Gasteiger partial charge in [-0.05, 0) is 85.9 Å². The van der Waals surface area contributed by atoms with Gasteiger partial charge >= 0.3 is 0 Å². The lowest BCUT2D eigenvalue weighted by Crippen LogP contribution is -2.52. The number of rotatable bonds is 18. The first kappa shape index (κ1) is 36.4. The summed E-state index contributed by atoms with van der Waals surface area (Å²) in [6, 6.07) is 3.40. The van der Waals surface area contributed by atoms with Crippen molar-refractivity contribution < 1.29 is 13.7 Å². The van der Waals surface area contributed by atoms with Gasteiger partial charge < -0.3 is 13.7 Å². The zero-order valence-corrected chi connectivity index (χ0v) is 31.5. The predicted molar refractivity (Wildman–Crippen MR) is 184 cm³/mol. The fraction of sp³-hybridized carbons (Fsp3) is 0.818. The summed E-state index contributed by atoms with van der Waals surface area (Å²) in [7, 11) is -3.70. The number of hydrogen-bond donors (Lipinski definition) is 0. The Hall–Kier alpha value is -0.806. The number of aromatic nitrogens is 1. The van der Waals surface area contributed by atoms with Gasteiger partial charge in [0, 0.05) is 18.4 Å². The van der Waals surface area contributed by atoms with Crippen LogP contribution < -0.4 is 0 Å². The molecule has 2 rings (SSSR count). The van der Waals surface area contributed by atoms with Crippen molar-refractivity contribution in [1.29, 1.82) is 0 Å². The topological polar surface area (TPSA) is 52.9 Å². The van der Waals surface area contributed by atoms with E-state index in [0.717, 1.165) is 72.4 Å². The van der Waals surface area contributed by atoms with Crippen LogP contribution in [0.2, 0.25) is 34.8 Å². The molecule has 236 valence electrons. The molecule has 1 aromatic heterocycles. The van der Waals surface area contributed by atoms with Gasteiger partial charge in [-0.3, -0.25) is 0 Å². The second-order valence-corrected chi connectivity index (χ2v) is 25.0. The molecule has 0 amide bonds. The summed E-state index contributed by atoms with van der Waals surface area (Å²) in [6.07, 6.45) is 6.07. The lowest BCUT2D eigenvalue weighted by atomic mass is 9.87. The minimum Gasteiger partial charge on any atom is -0.416 e. The first-order valence-corrected chi connectivity index (χ1v) is 21.9. The van der Waals surface area contributed by atoms with E-state index in [1.54, 1.807) is 11.3 Å². The van der Waals surface area contributed by atoms with Crippen LogP contribution in [-0.4, -0.2) is 45.6 Å². The highest BCUT2D eigenvalue weighted by molar-refractivity contribution is 7.09. The highest BCUT2D eigenvalue weighted by atomic mass is 32.1. The maximum Gasteiger partial charge on any atom is 0.200 e. The zero-order valence-electron chi connectivity index (χ0n) is 28.7. The molecule has 0 N–H and O–H groups in total. The third-order valence-electron chi connectivity index (χ3n) is 9.88. The summed E-state index contributed by atoms with van der Waals surface area (Å²) in [5.74, 6) is 0.524. The van der Waals surface area contributed by atoms with Gasteiger partial charge in [-0.25, -0.2) is 4.98 Å². The zero-order chi connectivity index (χ0) is 31.0. The summed E-state index contributed by atoms with van der Waals surface area (Å²) >= 11 is 1.68. The van der Waals surface area contributed by atoms with Crippen LogP contribution in [0.4, 0.5) is 0 Å². The lowest BCUT2D eigenvalue weighted by Gasteiger charge is -2.43. The van der Waals surface area contributed by atoms with Gasteiger partial charge in [-0.2, -0.15) is 0 Å². The van der Waals surface area contributed by atoms with Crippen LogP contribution in [0.5, 0.6) is 0 Å². The van der Waals surface area contributed by atoms with Gasteiger partial charge in [0.05, 0.1) is 22.0 Å². The summed E-state index contributed by atoms with van der Waals surface area (Å²) in [6.45, 7) is 30.9. The molecular formula is C33H62N2O3SSi2. The van der Waals surface area contributed by atoms with Crippen molar-refractivity contribution >= 4 is 39.8 Å². The Morgan fingerprint density at radius 1 is 1.07 bits per heavy atom. The highest BCUT2D eigenvalue weighted by Crippen LogP contribution is 2.43. The molecule has 5 nitrogen and oxygen atoms in total. The molecule has 0 bridgehead atoms. The third-order valence-corrected chi connectivity index (χ3v) is 21.5. The van der Waals surface area contributed by atoms with Crippen molar-refractivity contribution in [2.75, 3.05) is 6.61 Å². The van der Waals surface area contributed by atoms with E-state index >= 15 is 0 Å². The van der Waals surface area contributed by atoms with Gasteiger partial charge in [-0.15, -0.1) is 11.3 Å². The van der Waals surface area contributed by atoms with Gasteiger partial charge in [-0.1, -0.05) is 80.8 Å². The van der Waals surface area contributed by atoms with E-state index in [1.807, 2.05) is 6.92 Å². The van der Waals surface area contributed by atoms with Crippen molar-refractivity contribution in [1.82, 2.24) is 4.98 Å². The second kappa shape index (κ2) is 15.8. The largest absolute Gasteiger partial charge is 0.416 e. The van der Waals surface area contributed by atoms with E-state index in [4.69, 9.17) is 13.7 Å². The van der Waals surface area contributed by atoms with Crippen LogP contribution in [-0.2, 0) is 13.7 Å². The molecule has 0 saturated heterocycles. The van der Waals surface area contributed by atoms with Gasteiger partial charge in [0.1, 0.15) is 0 Å². The van der Waals surface area contributed by atoms with Crippen molar-refractivity contribution in [3.8, 4) is 0 Å². The monoisotopic (exact) mass is 622 g/mol. The molecule has 1 aliphatic rings. The molecule has 0 fully saturated rings. The molecule has 0 aromatic carbocycles. The maximum absolute atomic E-state index is 7.28. The SMILES string of the molecule is CC[Si](CC)(CC)O[C@](C)(CCC[C@H](C)CO[Si](C(C)C)(C(C)C)C(C)C)[C@H]1CC(/C(C)=C/c2csc(C)n2)=NO1. The average Bonchev–Trinajstić information content (AvgIpc) is 3.57. The molecular weight excluding hydrogens is 561 g/mol. The van der Waals surface area contributed by atoms with E-state index in [9.17, 15) is 0 Å². The number of nitrogens with zero attached hydrogens (tertiary/aromatic N) is 2. The first-order valence-electron chi connectivity index (χ1n) is 16.4. The van der Waals surface area contributed by atoms with Crippen LogP contribution in [0.1, 0.15) is 119 Å². The summed E-state index contributed by atoms with van der Waals surface area (Å²) in [5.41, 5.74) is 4.65. The standard InChI is InChI=1S/C33H62N2O3SSi2/c1-14-40(15-2,16-3)38-33(13,32-21-31(35-37-32)28(11)20-30-23-39-29(12)34-30)19-17-18-27(10)22-36-41(24(4)5,25(6)7)26(8)9/h20,23-27,32H,14-19,21-22H2,1-13H3/b28-20+/t27-,32+,33+/m0/s1. The molecule has 3 atom stereocenters. The number of oxime groups is 1. The Balaban J connectivity index is 2.13. The van der Waals surface area contributed by atoms with Crippen LogP contribution in [0, 0.1) is 12.8 Å². The van der Waals surface area contributed by atoms with Crippen LogP contribution in [0.15, 0.2) is 16.1 Å². The smallest absolute Gasteiger partial charge is 0.200 e. The average molecular weight is 623 g/mol. The summed E-state index contributed by atoms with van der Waals surface area (Å²) < 4.78 is 14.2. The highest BCUT2D eigenvalue weighted by Gasteiger charge is 2.47. The molecule has 0 unspecified atom stereocenters. The van der Waals surface area contributed by atoms with Gasteiger partial charge in [0.25, 0.3) is 0 Å². The van der Waals surface area contributed by atoms with Gasteiger partial charge in [0.15, 0.2) is 22.7 Å². The Kier molecular flexibility index (Phi) is 14.0. The second-order valence-electron chi connectivity index (χ2n) is 13.7. The number of allylic oxidation sites excluding steroid dienone is 1. The molecule has 0 radical (unpaired) electrons. The number of aryl methyl sites for hydroxylation is 1. The molecule has 8 heteroatoms. The van der Waals surface area contributed by atoms with E-state index in [-0.39, 0.29) is 11.7 Å². The summed E-state index contributed by atoms with van der Waals surface area (Å²) in [5, 5.41) is 7.77. The molecule has 1 aliphatic heterocycles. The van der Waals surface area contributed by atoms with Crippen molar-refractivity contribution in [3.05, 3.63) is 21.7 Å². The van der Waals surface area contributed by atoms with Crippen LogP contribution in [0.3, 0.4) is 0 Å². The van der Waals surface area contributed by atoms with Crippen LogP contribution >= 0.6 is 11.3 Å². The van der Waals surface area contributed by atoms with E-state index in [1.165, 1.54) is 0 Å². The molecule has 0 aliphatic carbocycles. The van der Waals surface area contributed by atoms with Crippen molar-refractivity contribution in [2.24, 2.45) is 11.1 Å². The fourth-order valence-corrected chi connectivity index (χ4v) is 16.4. The lowest BCUT2D eigenvalue weighted by molar-refractivity contribution is -0.0795. The molecule has 0 saturated carbocycles. The van der Waals surface area contributed by atoms with Gasteiger partial charge in [0.2, 0.25) is 0 Å². The Bertz CT molecular complexity index is 972. The minimum atomic E-state index is -1.86. The normalized spacial score (nSPS) is 19.2. The quantitative estimate of drug-likeness (QED) is 0.153. The molecule has 41 heavy (non-hydrogen) atoms. The number of thiazole rings is 1. The minimum absolute atomic E-state index is 0.0658. The van der Waals surface area contributed by atoms with Crippen molar-refractivity contribution in [2.45, 2.75) is 162 Å². The Morgan fingerprint density at radius 2 is 1.66 bits per heavy atom. The van der Waals surface area contributed by atoms with Crippen molar-refractivity contribution in [3.63, 3.8) is 0 Å². The van der Waals surface area contributed by atoms with E-state index in [0.29, 0.717) is 22.5 Å². The molecule has 1 aromatic rings. The third kappa shape index (κ3) is 9.10. The maximum atomic E-state index is 7.28.